The average Bonchev–Trinajstić information content (AvgIpc) is 2.96. The first kappa shape index (κ1) is 26.2. The molecule has 1 aliphatic rings. The maximum atomic E-state index is 12.1. The molecule has 0 saturated carbocycles. The Morgan fingerprint density at radius 2 is 1.44 bits per heavy atom. The Balaban J connectivity index is 0.00000225. The Labute approximate surface area is 216 Å². The number of nitrogens with zero attached hydrogens (tertiary/aromatic N) is 1. The number of ketones is 2. The maximum Gasteiger partial charge on any atom is 1.00 e. The summed E-state index contributed by atoms with van der Waals surface area (Å²) in [6.45, 7) is 0. The normalized spacial score (nSPS) is 11.1. The molecule has 27 heavy (non-hydrogen) atoms. The molecule has 2 aromatic rings. The Bertz CT molecular complexity index is 998. The minimum Gasteiger partial charge on any atom is -0.545 e. The van der Waals surface area contributed by atoms with E-state index < -0.39 is 63.2 Å². The van der Waals surface area contributed by atoms with Crippen molar-refractivity contribution in [2.45, 2.75) is 0 Å². The number of aromatic nitrogens is 2. The smallest absolute Gasteiger partial charge is 0.545 e. The van der Waals surface area contributed by atoms with Gasteiger partial charge in [-0.3, -0.25) is 9.59 Å². The molecule has 0 fully saturated rings. The van der Waals surface area contributed by atoms with Crippen LogP contribution < -0.4 is 104 Å². The average molecular weight is 396 g/mol. The van der Waals surface area contributed by atoms with Crippen molar-refractivity contribution in [3.05, 3.63) is 40.3 Å². The van der Waals surface area contributed by atoms with Gasteiger partial charge in [-0.05, 0) is 12.1 Å². The van der Waals surface area contributed by atoms with E-state index in [9.17, 15) is 39.3 Å². The summed E-state index contributed by atoms with van der Waals surface area (Å²) >= 11 is 0. The fraction of sp³-hybridized carbons (Fsp3) is 0. The van der Waals surface area contributed by atoms with Gasteiger partial charge < -0.3 is 34.7 Å². The van der Waals surface area contributed by atoms with Crippen LogP contribution in [0.1, 0.15) is 52.2 Å². The molecule has 0 amide bonds. The van der Waals surface area contributed by atoms with Gasteiger partial charge in [-0.25, -0.2) is 4.98 Å². The molecular weight excluding hydrogens is 393 g/mol. The van der Waals surface area contributed by atoms with E-state index >= 15 is 0 Å². The number of rotatable bonds is 3. The van der Waals surface area contributed by atoms with Crippen molar-refractivity contribution in [1.29, 1.82) is 0 Å². The zero-order valence-corrected chi connectivity index (χ0v) is 20.4. The first-order valence-electron chi connectivity index (χ1n) is 6.23. The Morgan fingerprint density at radius 1 is 0.852 bits per heavy atom. The summed E-state index contributed by atoms with van der Waals surface area (Å²) in [4.78, 5) is 62.9. The summed E-state index contributed by atoms with van der Waals surface area (Å²) < 4.78 is 0. The van der Waals surface area contributed by atoms with Crippen molar-refractivity contribution >= 4 is 29.5 Å². The van der Waals surface area contributed by atoms with Crippen LogP contribution in [0.4, 0.5) is 0 Å². The van der Waals surface area contributed by atoms with Crippen LogP contribution in [0.15, 0.2) is 12.1 Å². The van der Waals surface area contributed by atoms with E-state index in [0.29, 0.717) is 6.07 Å². The summed E-state index contributed by atoms with van der Waals surface area (Å²) in [6.07, 6.45) is 0. The molecule has 1 N–H and O–H groups in total. The minimum absolute atomic E-state index is 0. The summed E-state index contributed by atoms with van der Waals surface area (Å²) in [6, 6.07) is 1.41. The zero-order chi connectivity index (χ0) is 17.8. The third kappa shape index (κ3) is 4.44. The second-order valence-corrected chi connectivity index (χ2v) is 4.77. The monoisotopic (exact) mass is 396 g/mol. The number of aromatic carboxylic acids is 3. The third-order valence-electron chi connectivity index (χ3n) is 3.40. The van der Waals surface area contributed by atoms with Crippen LogP contribution in [0.5, 0.6) is 0 Å². The molecule has 10 nitrogen and oxygen atoms in total. The second kappa shape index (κ2) is 9.59. The van der Waals surface area contributed by atoms with Crippen molar-refractivity contribution in [3.63, 3.8) is 0 Å². The van der Waals surface area contributed by atoms with E-state index in [0.717, 1.165) is 6.07 Å². The minimum atomic E-state index is -1.87. The summed E-state index contributed by atoms with van der Waals surface area (Å²) in [5.41, 5.74) is -4.09. The number of hydrogen-bond donors (Lipinski definition) is 1. The Kier molecular flexibility index (Phi) is 9.30. The van der Waals surface area contributed by atoms with Gasteiger partial charge in [0.2, 0.25) is 5.78 Å². The van der Waals surface area contributed by atoms with E-state index in [1.807, 2.05) is 0 Å². The van der Waals surface area contributed by atoms with Crippen LogP contribution in [0.25, 0.3) is 11.3 Å². The van der Waals surface area contributed by atoms with E-state index in [2.05, 4.69) is 9.97 Å². The number of carbonyl (C=O) groups excluding carboxylic acids is 5. The number of hydrogen-bond acceptors (Lipinski definition) is 9. The zero-order valence-electron chi connectivity index (χ0n) is 14.4. The van der Waals surface area contributed by atoms with Crippen molar-refractivity contribution in [3.8, 4) is 11.3 Å². The number of nitrogens with one attached hydrogen (secondary N) is 1. The number of fused-ring (bicyclic) bond motifs is 3. The molecule has 1 aliphatic carbocycles. The third-order valence-corrected chi connectivity index (χ3v) is 3.40. The van der Waals surface area contributed by atoms with Crippen LogP contribution in [0.2, 0.25) is 0 Å². The van der Waals surface area contributed by atoms with Gasteiger partial charge in [0.05, 0.1) is 40.6 Å². The SMILES string of the molecule is O=C([O-])c1cc(C(=O)[O-])c2c(n1)C(=O)C(=O)c1cc(C(=O)[O-])[nH]c1-2.[Na+].[Na+].[Na+]. The molecule has 3 rings (SSSR count). The number of H-pyrrole nitrogens is 1. The van der Waals surface area contributed by atoms with Gasteiger partial charge in [-0.15, -0.1) is 0 Å². The maximum absolute atomic E-state index is 12.1. The van der Waals surface area contributed by atoms with Gasteiger partial charge in [0, 0.05) is 11.1 Å². The number of pyridine rings is 1. The Morgan fingerprint density at radius 3 is 1.93 bits per heavy atom. The number of carbonyl (C=O) groups is 5. The fourth-order valence-electron chi connectivity index (χ4n) is 2.40. The Hall–Kier alpha value is -0.820. The summed E-state index contributed by atoms with van der Waals surface area (Å²) in [5, 5.41) is 33.1. The van der Waals surface area contributed by atoms with E-state index in [-0.39, 0.29) is 94.4 Å². The fourth-order valence-corrected chi connectivity index (χ4v) is 2.40. The van der Waals surface area contributed by atoms with Crippen LogP contribution in [0.3, 0.4) is 0 Å². The van der Waals surface area contributed by atoms with Gasteiger partial charge >= 0.3 is 88.7 Å². The second-order valence-electron chi connectivity index (χ2n) is 4.77. The number of carboxylic acid groups (broad SMARTS) is 3. The quantitative estimate of drug-likeness (QED) is 0.389. The molecule has 0 radical (unpaired) electrons. The molecule has 0 aliphatic heterocycles. The first-order chi connectivity index (χ1) is 11.2. The topological polar surface area (TPSA) is 183 Å². The van der Waals surface area contributed by atoms with Crippen LogP contribution >= 0.6 is 0 Å². The van der Waals surface area contributed by atoms with Gasteiger partial charge in [-0.2, -0.15) is 0 Å². The predicted octanol–water partition coefficient (Wildman–Crippen LogP) is -12.4. The van der Waals surface area contributed by atoms with Crippen LogP contribution in [0, 0.1) is 0 Å². The number of Topliss-reactive ketones (excluding diaryl/α,β-unsaturated/α-hetero) is 2. The number of aromatic amines is 1. The van der Waals surface area contributed by atoms with Crippen LogP contribution in [-0.4, -0.2) is 39.4 Å². The van der Waals surface area contributed by atoms with E-state index in [1.165, 1.54) is 0 Å². The molecule has 0 saturated heterocycles. The number of carboxylic acids is 3. The van der Waals surface area contributed by atoms with Gasteiger partial charge in [0.1, 0.15) is 5.69 Å². The van der Waals surface area contributed by atoms with E-state index in [4.69, 9.17) is 0 Å². The van der Waals surface area contributed by atoms with Crippen molar-refractivity contribution in [2.75, 3.05) is 0 Å². The summed E-state index contributed by atoms with van der Waals surface area (Å²) in [5.74, 6) is -7.87. The van der Waals surface area contributed by atoms with Crippen molar-refractivity contribution in [2.24, 2.45) is 0 Å². The van der Waals surface area contributed by atoms with Gasteiger partial charge in [-0.1, -0.05) is 0 Å². The first-order valence-corrected chi connectivity index (χ1v) is 6.23. The molecule has 0 aromatic carbocycles. The van der Waals surface area contributed by atoms with Gasteiger partial charge in [0.25, 0.3) is 5.78 Å². The molecule has 2 aromatic heterocycles. The molecule has 0 bridgehead atoms. The standard InChI is InChI=1S/C14H6N2O8.3Na/c17-10-4-2-6(14(23)24)15-8(4)7-3(12(19)20)1-5(13(21)22)16-9(7)11(10)18;;;/h1-2,15H,(H,19,20)(H,21,22)(H,23,24);;;/q;3*+1/p-3. The molecule has 0 atom stereocenters. The predicted molar refractivity (Wildman–Crippen MR) is 65.7 cm³/mol. The summed E-state index contributed by atoms with van der Waals surface area (Å²) in [7, 11) is 0. The van der Waals surface area contributed by atoms with Crippen molar-refractivity contribution < 1.29 is 128 Å². The molecule has 13 heteroatoms. The molecule has 0 spiro atoms. The molecule has 0 unspecified atom stereocenters. The molecular formula is C14H3N2Na3O8. The molecule has 2 heterocycles. The van der Waals surface area contributed by atoms with Gasteiger partial charge in [0.15, 0.2) is 0 Å². The van der Waals surface area contributed by atoms with Crippen molar-refractivity contribution in [1.82, 2.24) is 9.97 Å². The largest absolute Gasteiger partial charge is 1.00 e. The van der Waals surface area contributed by atoms with Crippen LogP contribution in [-0.2, 0) is 0 Å². The molecule has 120 valence electrons. The van der Waals surface area contributed by atoms with E-state index in [1.54, 1.807) is 0 Å².